The van der Waals surface area contributed by atoms with E-state index in [1.54, 1.807) is 13.8 Å². The van der Waals surface area contributed by atoms with Crippen LogP contribution in [0.3, 0.4) is 0 Å². The molecule has 0 bridgehead atoms. The van der Waals surface area contributed by atoms with Gasteiger partial charge < -0.3 is 15.2 Å². The van der Waals surface area contributed by atoms with E-state index in [1.807, 2.05) is 13.1 Å². The number of aliphatic hydroxyl groups is 1. The van der Waals surface area contributed by atoms with Crippen molar-refractivity contribution >= 4 is 11.5 Å². The molecule has 4 heteroatoms. The summed E-state index contributed by atoms with van der Waals surface area (Å²) < 4.78 is 6.32. The topological polar surface area (TPSA) is 54.4 Å². The van der Waals surface area contributed by atoms with Gasteiger partial charge in [-0.15, -0.1) is 0 Å². The molecule has 2 rings (SSSR count). The first kappa shape index (κ1) is 21.2. The van der Waals surface area contributed by atoms with Gasteiger partial charge in [0.05, 0.1) is 17.3 Å². The Hall–Kier alpha value is -2.07. The molecule has 148 valence electrons. The van der Waals surface area contributed by atoms with Crippen molar-refractivity contribution in [2.45, 2.75) is 79.9 Å². The summed E-state index contributed by atoms with van der Waals surface area (Å²) in [7, 11) is 0. The van der Waals surface area contributed by atoms with E-state index in [-0.39, 0.29) is 6.10 Å². The average molecular weight is 371 g/mol. The van der Waals surface area contributed by atoms with Crippen LogP contribution in [0.5, 0.6) is 5.75 Å². The minimum absolute atomic E-state index is 0.114. The molecule has 2 aromatic rings. The molecule has 1 heterocycles. The molecule has 2 N–H and O–H groups in total. The molecule has 4 nitrogen and oxygen atoms in total. The molecule has 0 aliphatic carbocycles. The predicted molar refractivity (Wildman–Crippen MR) is 113 cm³/mol. The highest BCUT2D eigenvalue weighted by Gasteiger charge is 2.29. The SMILES string of the molecule is CCC(CC)Oc1c(C)cnc(Nc2c(C)cc(C)cc2C)c1C(C)(C)O. The van der Waals surface area contributed by atoms with Crippen LogP contribution >= 0.6 is 0 Å². The van der Waals surface area contributed by atoms with E-state index in [0.29, 0.717) is 11.4 Å². The van der Waals surface area contributed by atoms with Crippen molar-refractivity contribution in [3.63, 3.8) is 0 Å². The smallest absolute Gasteiger partial charge is 0.140 e. The van der Waals surface area contributed by atoms with Crippen molar-refractivity contribution in [2.24, 2.45) is 0 Å². The van der Waals surface area contributed by atoms with Gasteiger partial charge in [0, 0.05) is 17.4 Å². The van der Waals surface area contributed by atoms with Crippen LogP contribution in [0.15, 0.2) is 18.3 Å². The molecule has 0 atom stereocenters. The highest BCUT2D eigenvalue weighted by molar-refractivity contribution is 5.70. The summed E-state index contributed by atoms with van der Waals surface area (Å²) in [6, 6.07) is 4.30. The Morgan fingerprint density at radius 3 is 2.07 bits per heavy atom. The Morgan fingerprint density at radius 2 is 1.59 bits per heavy atom. The molecule has 0 aliphatic heterocycles. The maximum absolute atomic E-state index is 10.9. The van der Waals surface area contributed by atoms with E-state index in [4.69, 9.17) is 4.74 Å². The standard InChI is InChI=1S/C23H34N2O2/c1-9-18(10-2)27-21-17(6)13-24-22(19(21)23(7,8)26)25-20-15(4)11-14(3)12-16(20)5/h11-13,18,26H,9-10H2,1-8H3,(H,24,25). The molecule has 1 aromatic heterocycles. The van der Waals surface area contributed by atoms with Crippen molar-refractivity contribution < 1.29 is 9.84 Å². The average Bonchev–Trinajstić information content (AvgIpc) is 2.56. The lowest BCUT2D eigenvalue weighted by atomic mass is 9.95. The second-order valence-electron chi connectivity index (χ2n) is 8.01. The third kappa shape index (κ3) is 4.81. The maximum Gasteiger partial charge on any atom is 0.140 e. The Balaban J connectivity index is 2.60. The molecule has 27 heavy (non-hydrogen) atoms. The molecule has 1 aromatic carbocycles. The van der Waals surface area contributed by atoms with Crippen LogP contribution in [-0.2, 0) is 5.60 Å². The number of ether oxygens (including phenoxy) is 1. The normalized spacial score (nSPS) is 11.8. The summed E-state index contributed by atoms with van der Waals surface area (Å²) >= 11 is 0. The maximum atomic E-state index is 10.9. The fraction of sp³-hybridized carbons (Fsp3) is 0.522. The Bertz CT molecular complexity index is 780. The summed E-state index contributed by atoms with van der Waals surface area (Å²) in [5, 5.41) is 14.4. The minimum Gasteiger partial charge on any atom is -0.490 e. The van der Waals surface area contributed by atoms with Gasteiger partial charge in [0.2, 0.25) is 0 Å². The van der Waals surface area contributed by atoms with Crippen molar-refractivity contribution in [2.75, 3.05) is 5.32 Å². The van der Waals surface area contributed by atoms with Crippen molar-refractivity contribution in [1.29, 1.82) is 0 Å². The van der Waals surface area contributed by atoms with Crippen molar-refractivity contribution in [1.82, 2.24) is 4.98 Å². The number of hydrogen-bond donors (Lipinski definition) is 2. The molecular weight excluding hydrogens is 336 g/mol. The first-order chi connectivity index (χ1) is 12.6. The zero-order valence-electron chi connectivity index (χ0n) is 18.0. The van der Waals surface area contributed by atoms with Crippen LogP contribution in [0.1, 0.15) is 68.4 Å². The summed E-state index contributed by atoms with van der Waals surface area (Å²) in [5.41, 5.74) is 5.10. The van der Waals surface area contributed by atoms with Crippen LogP contribution < -0.4 is 10.1 Å². The predicted octanol–water partition coefficient (Wildman–Crippen LogP) is 5.85. The quantitative estimate of drug-likeness (QED) is 0.641. The summed E-state index contributed by atoms with van der Waals surface area (Å²) in [5.74, 6) is 1.38. The lowest BCUT2D eigenvalue weighted by Crippen LogP contribution is -2.24. The van der Waals surface area contributed by atoms with Gasteiger partial charge in [0.25, 0.3) is 0 Å². The van der Waals surface area contributed by atoms with Gasteiger partial charge in [0.15, 0.2) is 0 Å². The van der Waals surface area contributed by atoms with E-state index in [1.165, 1.54) is 5.56 Å². The summed E-state index contributed by atoms with van der Waals surface area (Å²) in [4.78, 5) is 4.61. The van der Waals surface area contributed by atoms with Crippen LogP contribution in [0, 0.1) is 27.7 Å². The lowest BCUT2D eigenvalue weighted by Gasteiger charge is -2.28. The number of aromatic nitrogens is 1. The Labute approximate surface area is 164 Å². The van der Waals surface area contributed by atoms with E-state index in [0.717, 1.165) is 41.0 Å². The molecular formula is C23H34N2O2. The molecule has 0 spiro atoms. The number of aryl methyl sites for hydroxylation is 4. The number of nitrogens with zero attached hydrogens (tertiary/aromatic N) is 1. The second-order valence-corrected chi connectivity index (χ2v) is 8.01. The number of pyridine rings is 1. The third-order valence-electron chi connectivity index (χ3n) is 4.94. The zero-order valence-corrected chi connectivity index (χ0v) is 18.0. The number of hydrogen-bond acceptors (Lipinski definition) is 4. The van der Waals surface area contributed by atoms with E-state index < -0.39 is 5.60 Å². The number of rotatable bonds is 7. The molecule has 0 amide bonds. The second kappa shape index (κ2) is 8.30. The van der Waals surface area contributed by atoms with Gasteiger partial charge in [-0.2, -0.15) is 0 Å². The molecule has 0 radical (unpaired) electrons. The first-order valence-electron chi connectivity index (χ1n) is 9.82. The molecule has 0 fully saturated rings. The van der Waals surface area contributed by atoms with Gasteiger partial charge in [-0.3, -0.25) is 0 Å². The van der Waals surface area contributed by atoms with Crippen LogP contribution in [0.25, 0.3) is 0 Å². The third-order valence-corrected chi connectivity index (χ3v) is 4.94. The highest BCUT2D eigenvalue weighted by atomic mass is 16.5. The first-order valence-corrected chi connectivity index (χ1v) is 9.82. The fourth-order valence-electron chi connectivity index (χ4n) is 3.52. The Morgan fingerprint density at radius 1 is 1.04 bits per heavy atom. The summed E-state index contributed by atoms with van der Waals surface area (Å²) in [6.45, 7) is 16.0. The molecule has 0 saturated carbocycles. The minimum atomic E-state index is -1.09. The molecule has 0 unspecified atom stereocenters. The molecule has 0 aliphatic rings. The molecule has 0 saturated heterocycles. The highest BCUT2D eigenvalue weighted by Crippen LogP contribution is 2.40. The summed E-state index contributed by atoms with van der Waals surface area (Å²) in [6.07, 6.45) is 3.77. The van der Waals surface area contributed by atoms with E-state index in [2.05, 4.69) is 57.1 Å². The lowest BCUT2D eigenvalue weighted by molar-refractivity contribution is 0.0718. The number of nitrogens with one attached hydrogen (secondary N) is 1. The zero-order chi connectivity index (χ0) is 20.4. The Kier molecular flexibility index (Phi) is 6.53. The largest absolute Gasteiger partial charge is 0.490 e. The van der Waals surface area contributed by atoms with Crippen LogP contribution in [0.4, 0.5) is 11.5 Å². The van der Waals surface area contributed by atoms with E-state index >= 15 is 0 Å². The van der Waals surface area contributed by atoms with E-state index in [9.17, 15) is 5.11 Å². The van der Waals surface area contributed by atoms with Gasteiger partial charge in [0.1, 0.15) is 11.6 Å². The van der Waals surface area contributed by atoms with Gasteiger partial charge >= 0.3 is 0 Å². The van der Waals surface area contributed by atoms with Crippen LogP contribution in [-0.4, -0.2) is 16.2 Å². The van der Waals surface area contributed by atoms with Crippen LogP contribution in [0.2, 0.25) is 0 Å². The fourth-order valence-corrected chi connectivity index (χ4v) is 3.52. The van der Waals surface area contributed by atoms with Crippen molar-refractivity contribution in [3.05, 3.63) is 46.1 Å². The van der Waals surface area contributed by atoms with Gasteiger partial charge in [-0.25, -0.2) is 4.98 Å². The number of benzene rings is 1. The van der Waals surface area contributed by atoms with Crippen molar-refractivity contribution in [3.8, 4) is 5.75 Å². The van der Waals surface area contributed by atoms with Gasteiger partial charge in [-0.1, -0.05) is 31.5 Å². The monoisotopic (exact) mass is 370 g/mol. The van der Waals surface area contributed by atoms with Gasteiger partial charge in [-0.05, 0) is 65.5 Å². The number of anilines is 2.